The minimum atomic E-state index is -0.367. The molecule has 4 rings (SSSR count). The van der Waals surface area contributed by atoms with Crippen LogP contribution < -0.4 is 10.6 Å². The van der Waals surface area contributed by atoms with Gasteiger partial charge in [-0.2, -0.15) is 5.10 Å². The Labute approximate surface area is 161 Å². The van der Waals surface area contributed by atoms with Crippen molar-refractivity contribution in [1.29, 1.82) is 0 Å². The van der Waals surface area contributed by atoms with Crippen molar-refractivity contribution >= 4 is 34.9 Å². The van der Waals surface area contributed by atoms with Crippen LogP contribution >= 0.6 is 11.6 Å². The van der Waals surface area contributed by atoms with Crippen LogP contribution in [0.15, 0.2) is 60.7 Å². The highest BCUT2D eigenvalue weighted by atomic mass is 35.5. The largest absolute Gasteiger partial charge is 0.321 e. The molecule has 0 saturated heterocycles. The zero-order chi connectivity index (χ0) is 18.8. The van der Waals surface area contributed by atoms with Crippen molar-refractivity contribution in [2.24, 2.45) is 5.92 Å². The normalized spacial score (nSPS) is 13.2. The summed E-state index contributed by atoms with van der Waals surface area (Å²) in [5, 5.41) is 10.6. The summed E-state index contributed by atoms with van der Waals surface area (Å²) in [5.74, 6) is 0.112. The first-order valence-electron chi connectivity index (χ1n) is 8.63. The molecule has 6 nitrogen and oxygen atoms in total. The molecule has 0 unspecified atom stereocenters. The third-order valence-corrected chi connectivity index (χ3v) is 4.50. The standard InChI is InChI=1S/C20H17ClN4O2/c21-14-8-10-15(11-9-14)22-20(27)17-12-18(23-19(26)13-6-7-13)25(24-17)16-4-2-1-3-5-16/h1-5,8-13H,6-7H2,(H,22,27)(H,23,26). The van der Waals surface area contributed by atoms with E-state index >= 15 is 0 Å². The topological polar surface area (TPSA) is 76.0 Å². The number of nitrogens with zero attached hydrogens (tertiary/aromatic N) is 2. The number of benzene rings is 2. The predicted octanol–water partition coefficient (Wildman–Crippen LogP) is 4.13. The molecular formula is C20H17ClN4O2. The van der Waals surface area contributed by atoms with Crippen LogP contribution in [0.5, 0.6) is 0 Å². The fourth-order valence-electron chi connectivity index (χ4n) is 2.65. The highest BCUT2D eigenvalue weighted by Gasteiger charge is 2.30. The molecule has 1 saturated carbocycles. The fraction of sp³-hybridized carbons (Fsp3) is 0.150. The molecule has 1 fully saturated rings. The second kappa shape index (κ2) is 7.25. The van der Waals surface area contributed by atoms with Gasteiger partial charge in [0.05, 0.1) is 5.69 Å². The number of nitrogens with one attached hydrogen (secondary N) is 2. The van der Waals surface area contributed by atoms with Crippen LogP contribution in [0.25, 0.3) is 5.69 Å². The number of hydrogen-bond donors (Lipinski definition) is 2. The lowest BCUT2D eigenvalue weighted by Gasteiger charge is -2.08. The average molecular weight is 381 g/mol. The van der Waals surface area contributed by atoms with Crippen molar-refractivity contribution in [2.45, 2.75) is 12.8 Å². The van der Waals surface area contributed by atoms with Crippen LogP contribution in [0.1, 0.15) is 23.3 Å². The number of rotatable bonds is 5. The van der Waals surface area contributed by atoms with E-state index in [4.69, 9.17) is 11.6 Å². The van der Waals surface area contributed by atoms with E-state index in [9.17, 15) is 9.59 Å². The highest BCUT2D eigenvalue weighted by Crippen LogP contribution is 2.30. The molecule has 1 heterocycles. The molecule has 0 aliphatic heterocycles. The van der Waals surface area contributed by atoms with E-state index in [0.717, 1.165) is 18.5 Å². The van der Waals surface area contributed by atoms with Gasteiger partial charge in [-0.3, -0.25) is 9.59 Å². The third kappa shape index (κ3) is 4.01. The number of carbonyl (C=O) groups excluding carboxylic acids is 2. The Balaban J connectivity index is 1.62. The van der Waals surface area contributed by atoms with Gasteiger partial charge < -0.3 is 10.6 Å². The summed E-state index contributed by atoms with van der Waals surface area (Å²) < 4.78 is 1.57. The lowest BCUT2D eigenvalue weighted by atomic mass is 10.3. The molecule has 2 amide bonds. The third-order valence-electron chi connectivity index (χ3n) is 4.24. The summed E-state index contributed by atoms with van der Waals surface area (Å²) in [4.78, 5) is 24.8. The molecule has 27 heavy (non-hydrogen) atoms. The molecule has 2 N–H and O–H groups in total. The number of anilines is 2. The summed E-state index contributed by atoms with van der Waals surface area (Å²) in [7, 11) is 0. The average Bonchev–Trinajstić information content (AvgIpc) is 3.45. The molecule has 0 bridgehead atoms. The summed E-state index contributed by atoms with van der Waals surface area (Å²) in [6.07, 6.45) is 1.80. The van der Waals surface area contributed by atoms with Crippen LogP contribution in [-0.4, -0.2) is 21.6 Å². The predicted molar refractivity (Wildman–Crippen MR) is 104 cm³/mol. The van der Waals surface area contributed by atoms with Crippen molar-refractivity contribution < 1.29 is 9.59 Å². The number of para-hydroxylation sites is 1. The summed E-state index contributed by atoms with van der Waals surface area (Å²) in [5.41, 5.74) is 1.58. The zero-order valence-electron chi connectivity index (χ0n) is 14.4. The van der Waals surface area contributed by atoms with E-state index in [-0.39, 0.29) is 23.4 Å². The van der Waals surface area contributed by atoms with E-state index in [2.05, 4.69) is 15.7 Å². The van der Waals surface area contributed by atoms with Crippen molar-refractivity contribution in [3.8, 4) is 5.69 Å². The smallest absolute Gasteiger partial charge is 0.276 e. The molecule has 136 valence electrons. The van der Waals surface area contributed by atoms with Crippen LogP contribution in [0.2, 0.25) is 5.02 Å². The molecule has 1 aromatic heterocycles. The lowest BCUT2D eigenvalue weighted by Crippen LogP contribution is -2.16. The van der Waals surface area contributed by atoms with E-state index in [0.29, 0.717) is 16.5 Å². The van der Waals surface area contributed by atoms with Gasteiger partial charge in [0.15, 0.2) is 5.69 Å². The van der Waals surface area contributed by atoms with Gasteiger partial charge in [-0.25, -0.2) is 4.68 Å². The Morgan fingerprint density at radius 3 is 2.37 bits per heavy atom. The fourth-order valence-corrected chi connectivity index (χ4v) is 2.78. The number of hydrogen-bond acceptors (Lipinski definition) is 3. The van der Waals surface area contributed by atoms with Crippen molar-refractivity contribution in [2.75, 3.05) is 10.6 Å². The Kier molecular flexibility index (Phi) is 4.64. The van der Waals surface area contributed by atoms with E-state index in [1.807, 2.05) is 30.3 Å². The van der Waals surface area contributed by atoms with E-state index in [1.54, 1.807) is 35.0 Å². The molecule has 0 spiro atoms. The van der Waals surface area contributed by atoms with Gasteiger partial charge >= 0.3 is 0 Å². The van der Waals surface area contributed by atoms with Crippen molar-refractivity contribution in [3.05, 3.63) is 71.4 Å². The molecule has 0 radical (unpaired) electrons. The van der Waals surface area contributed by atoms with Gasteiger partial charge in [0.25, 0.3) is 5.91 Å². The summed E-state index contributed by atoms with van der Waals surface area (Å²) in [6.45, 7) is 0. The van der Waals surface area contributed by atoms with Crippen LogP contribution in [-0.2, 0) is 4.79 Å². The minimum Gasteiger partial charge on any atom is -0.321 e. The zero-order valence-corrected chi connectivity index (χ0v) is 15.1. The summed E-state index contributed by atoms with van der Waals surface area (Å²) in [6, 6.07) is 17.8. The second-order valence-electron chi connectivity index (χ2n) is 6.39. The second-order valence-corrected chi connectivity index (χ2v) is 6.82. The molecule has 0 atom stereocenters. The van der Waals surface area contributed by atoms with Crippen molar-refractivity contribution in [1.82, 2.24) is 9.78 Å². The first kappa shape index (κ1) is 17.3. The number of aromatic nitrogens is 2. The number of amides is 2. The summed E-state index contributed by atoms with van der Waals surface area (Å²) >= 11 is 5.87. The Morgan fingerprint density at radius 2 is 1.70 bits per heavy atom. The molecule has 7 heteroatoms. The molecular weight excluding hydrogens is 364 g/mol. The maximum atomic E-state index is 12.6. The molecule has 2 aromatic carbocycles. The minimum absolute atomic E-state index is 0.0447. The van der Waals surface area contributed by atoms with Crippen molar-refractivity contribution in [3.63, 3.8) is 0 Å². The first-order chi connectivity index (χ1) is 13.1. The molecule has 1 aliphatic rings. The SMILES string of the molecule is O=C(Nc1ccc(Cl)cc1)c1cc(NC(=O)C2CC2)n(-c2ccccc2)n1. The van der Waals surface area contributed by atoms with E-state index in [1.165, 1.54) is 0 Å². The lowest BCUT2D eigenvalue weighted by molar-refractivity contribution is -0.117. The van der Waals surface area contributed by atoms with Crippen LogP contribution in [0.4, 0.5) is 11.5 Å². The van der Waals surface area contributed by atoms with Crippen LogP contribution in [0.3, 0.4) is 0 Å². The maximum Gasteiger partial charge on any atom is 0.276 e. The maximum absolute atomic E-state index is 12.6. The van der Waals surface area contributed by atoms with Gasteiger partial charge in [-0.15, -0.1) is 0 Å². The highest BCUT2D eigenvalue weighted by molar-refractivity contribution is 6.30. The Hall–Kier alpha value is -3.12. The Bertz CT molecular complexity index is 979. The monoisotopic (exact) mass is 380 g/mol. The van der Waals surface area contributed by atoms with E-state index < -0.39 is 0 Å². The first-order valence-corrected chi connectivity index (χ1v) is 9.01. The van der Waals surface area contributed by atoms with Gasteiger partial charge in [0, 0.05) is 22.7 Å². The van der Waals surface area contributed by atoms with Crippen LogP contribution in [0, 0.1) is 5.92 Å². The van der Waals surface area contributed by atoms with Gasteiger partial charge in [-0.1, -0.05) is 29.8 Å². The van der Waals surface area contributed by atoms with Gasteiger partial charge in [0.2, 0.25) is 5.91 Å². The quantitative estimate of drug-likeness (QED) is 0.698. The van der Waals surface area contributed by atoms with Gasteiger partial charge in [0.1, 0.15) is 5.82 Å². The Morgan fingerprint density at radius 1 is 1.00 bits per heavy atom. The number of carbonyl (C=O) groups is 2. The van der Waals surface area contributed by atoms with Gasteiger partial charge in [-0.05, 0) is 49.2 Å². The number of halogens is 1. The molecule has 1 aliphatic carbocycles. The molecule has 3 aromatic rings.